The molecule has 1 aromatic heterocycles. The Labute approximate surface area is 157 Å². The highest BCUT2D eigenvalue weighted by Gasteiger charge is 2.58. The van der Waals surface area contributed by atoms with Gasteiger partial charge in [-0.05, 0) is 44.6 Å². The van der Waals surface area contributed by atoms with Crippen LogP contribution in [0.3, 0.4) is 0 Å². The van der Waals surface area contributed by atoms with Gasteiger partial charge in [0.1, 0.15) is 0 Å². The Morgan fingerprint density at radius 3 is 2.76 bits per heavy atom. The van der Waals surface area contributed by atoms with Gasteiger partial charge in [-0.15, -0.1) is 11.3 Å². The number of benzene rings is 1. The lowest BCUT2D eigenvalue weighted by Crippen LogP contribution is -2.54. The van der Waals surface area contributed by atoms with Crippen LogP contribution in [0.2, 0.25) is 0 Å². The maximum Gasteiger partial charge on any atom is 0.262 e. The average Bonchev–Trinajstić information content (AvgIpc) is 3.17. The number of hydrogen-bond acceptors (Lipinski definition) is 3. The van der Waals surface area contributed by atoms with Crippen LogP contribution in [0.5, 0.6) is 0 Å². The monoisotopic (exact) mass is 411 g/mol. The minimum atomic E-state index is -0.584. The maximum absolute atomic E-state index is 13.1. The van der Waals surface area contributed by atoms with Crippen LogP contribution in [0.1, 0.15) is 28.3 Å². The lowest BCUT2D eigenvalue weighted by molar-refractivity contribution is -0.130. The maximum atomic E-state index is 13.1. The number of ketones is 1. The Bertz CT molecular complexity index is 975. The fourth-order valence-electron chi connectivity index (χ4n) is 4.45. The molecule has 2 aromatic rings. The minimum absolute atomic E-state index is 0.00176. The molecular formula is C20H14BrNO2S. The lowest BCUT2D eigenvalue weighted by Gasteiger charge is -2.49. The molecular weight excluding hydrogens is 398 g/mol. The van der Waals surface area contributed by atoms with Crippen molar-refractivity contribution in [2.45, 2.75) is 24.4 Å². The number of nitrogens with zero attached hydrogens (tertiary/aromatic N) is 1. The molecule has 0 saturated heterocycles. The van der Waals surface area contributed by atoms with Gasteiger partial charge in [-0.2, -0.15) is 0 Å². The van der Waals surface area contributed by atoms with Gasteiger partial charge in [0.2, 0.25) is 0 Å². The van der Waals surface area contributed by atoms with Gasteiger partial charge in [0.15, 0.2) is 5.78 Å². The predicted octanol–water partition coefficient (Wildman–Crippen LogP) is 4.26. The molecule has 1 aliphatic carbocycles. The van der Waals surface area contributed by atoms with E-state index < -0.39 is 5.54 Å². The van der Waals surface area contributed by atoms with Crippen molar-refractivity contribution in [2.75, 3.05) is 0 Å². The molecule has 0 radical (unpaired) electrons. The van der Waals surface area contributed by atoms with E-state index in [1.807, 2.05) is 41.3 Å². The van der Waals surface area contributed by atoms with Crippen LogP contribution < -0.4 is 0 Å². The Morgan fingerprint density at radius 1 is 1.16 bits per heavy atom. The summed E-state index contributed by atoms with van der Waals surface area (Å²) in [6, 6.07) is 12.1. The third-order valence-electron chi connectivity index (χ3n) is 5.48. The molecule has 3 aliphatic rings. The van der Waals surface area contributed by atoms with Crippen molar-refractivity contribution < 1.29 is 9.59 Å². The van der Waals surface area contributed by atoms with Crippen LogP contribution in [0, 0.1) is 0 Å². The zero-order valence-electron chi connectivity index (χ0n) is 13.2. The van der Waals surface area contributed by atoms with Crippen molar-refractivity contribution in [3.63, 3.8) is 0 Å². The number of thiophene rings is 1. The molecule has 25 heavy (non-hydrogen) atoms. The molecule has 0 fully saturated rings. The summed E-state index contributed by atoms with van der Waals surface area (Å²) in [7, 11) is 0. The summed E-state index contributed by atoms with van der Waals surface area (Å²) in [4.78, 5) is 28.4. The van der Waals surface area contributed by atoms with Crippen LogP contribution in [-0.2, 0) is 16.1 Å². The second kappa shape index (κ2) is 5.26. The summed E-state index contributed by atoms with van der Waals surface area (Å²) >= 11 is 5.24. The molecule has 1 amide bonds. The van der Waals surface area contributed by atoms with Crippen molar-refractivity contribution in [2.24, 2.45) is 0 Å². The van der Waals surface area contributed by atoms with Crippen molar-refractivity contribution in [1.29, 1.82) is 0 Å². The summed E-state index contributed by atoms with van der Waals surface area (Å²) in [5, 5.41) is 2.06. The molecule has 0 saturated carbocycles. The van der Waals surface area contributed by atoms with Gasteiger partial charge < -0.3 is 4.90 Å². The van der Waals surface area contributed by atoms with E-state index in [1.54, 1.807) is 17.4 Å². The topological polar surface area (TPSA) is 37.4 Å². The number of allylic oxidation sites excluding steroid dienone is 1. The lowest BCUT2D eigenvalue weighted by atomic mass is 9.66. The smallest absolute Gasteiger partial charge is 0.262 e. The number of amides is 1. The number of hydrogen-bond donors (Lipinski definition) is 0. The molecule has 3 heterocycles. The van der Waals surface area contributed by atoms with Crippen LogP contribution >= 0.6 is 27.3 Å². The number of rotatable bonds is 1. The van der Waals surface area contributed by atoms with E-state index >= 15 is 0 Å². The number of carbonyl (C=O) groups is 2. The Kier molecular flexibility index (Phi) is 3.21. The molecule has 3 nitrogen and oxygen atoms in total. The van der Waals surface area contributed by atoms with E-state index in [-0.39, 0.29) is 17.6 Å². The first-order chi connectivity index (χ1) is 12.1. The molecule has 0 bridgehead atoms. The molecule has 2 aliphatic heterocycles. The second-order valence-corrected chi connectivity index (χ2v) is 8.42. The van der Waals surface area contributed by atoms with Crippen molar-refractivity contribution >= 4 is 44.5 Å². The first kappa shape index (κ1) is 15.3. The summed E-state index contributed by atoms with van der Waals surface area (Å²) in [6.07, 6.45) is 4.04. The molecule has 1 aromatic carbocycles. The third kappa shape index (κ3) is 1.91. The zero-order valence-corrected chi connectivity index (χ0v) is 15.6. The van der Waals surface area contributed by atoms with Crippen LogP contribution in [0.25, 0.3) is 5.57 Å². The van der Waals surface area contributed by atoms with Crippen LogP contribution in [0.15, 0.2) is 58.4 Å². The van der Waals surface area contributed by atoms with Crippen molar-refractivity contribution in [3.8, 4) is 0 Å². The SMILES string of the molecule is O=C1C=CC23C(c4ccccc4)=C(Br)C(=O)N2Cc2sccc2C3C1. The van der Waals surface area contributed by atoms with E-state index in [0.717, 1.165) is 11.1 Å². The Hall–Kier alpha value is -1.98. The fraction of sp³-hybridized carbons (Fsp3) is 0.200. The predicted molar refractivity (Wildman–Crippen MR) is 101 cm³/mol. The molecule has 2 unspecified atom stereocenters. The molecule has 124 valence electrons. The molecule has 2 atom stereocenters. The van der Waals surface area contributed by atoms with E-state index in [2.05, 4.69) is 27.4 Å². The van der Waals surface area contributed by atoms with Gasteiger partial charge in [0, 0.05) is 22.8 Å². The summed E-state index contributed by atoms with van der Waals surface area (Å²) in [6.45, 7) is 0.590. The molecule has 5 heteroatoms. The van der Waals surface area contributed by atoms with Crippen molar-refractivity contribution in [3.05, 3.63) is 74.4 Å². The number of carbonyl (C=O) groups excluding carboxylic acids is 2. The van der Waals surface area contributed by atoms with E-state index in [0.29, 0.717) is 17.4 Å². The van der Waals surface area contributed by atoms with Gasteiger partial charge >= 0.3 is 0 Å². The van der Waals surface area contributed by atoms with Crippen LogP contribution in [-0.4, -0.2) is 22.1 Å². The van der Waals surface area contributed by atoms with Gasteiger partial charge in [0.25, 0.3) is 5.91 Å². The van der Waals surface area contributed by atoms with E-state index in [4.69, 9.17) is 0 Å². The van der Waals surface area contributed by atoms with Crippen LogP contribution in [0.4, 0.5) is 0 Å². The minimum Gasteiger partial charge on any atom is -0.319 e. The standard InChI is InChI=1S/C20H14BrNO2S/c21-18-17(12-4-2-1-3-5-12)20-8-6-13(23)10-15(20)14-7-9-25-16(14)11-22(20)19(18)24/h1-9,15H,10-11H2. The third-order valence-corrected chi connectivity index (χ3v) is 7.14. The van der Waals surface area contributed by atoms with E-state index in [9.17, 15) is 9.59 Å². The Balaban J connectivity index is 1.82. The summed E-state index contributed by atoms with van der Waals surface area (Å²) in [5.74, 6) is 0.0913. The first-order valence-electron chi connectivity index (χ1n) is 8.19. The Morgan fingerprint density at radius 2 is 1.96 bits per heavy atom. The normalized spacial score (nSPS) is 27.4. The highest BCUT2D eigenvalue weighted by Crippen LogP contribution is 2.58. The molecule has 1 spiro atoms. The van der Waals surface area contributed by atoms with Crippen molar-refractivity contribution in [1.82, 2.24) is 4.90 Å². The second-order valence-electron chi connectivity index (χ2n) is 6.63. The number of fused-ring (bicyclic) bond motifs is 2. The van der Waals surface area contributed by atoms with Gasteiger partial charge in [0.05, 0.1) is 16.6 Å². The van der Waals surface area contributed by atoms with Gasteiger partial charge in [-0.3, -0.25) is 9.59 Å². The number of halogens is 1. The first-order valence-corrected chi connectivity index (χ1v) is 9.86. The molecule has 5 rings (SSSR count). The zero-order chi connectivity index (χ0) is 17.2. The quantitative estimate of drug-likeness (QED) is 0.702. The molecule has 0 N–H and O–H groups in total. The highest BCUT2D eigenvalue weighted by atomic mass is 79.9. The highest BCUT2D eigenvalue weighted by molar-refractivity contribution is 9.12. The fourth-order valence-corrected chi connectivity index (χ4v) is 6.14. The average molecular weight is 412 g/mol. The summed E-state index contributed by atoms with van der Waals surface area (Å²) < 4.78 is 0.609. The van der Waals surface area contributed by atoms with Gasteiger partial charge in [-0.1, -0.05) is 36.4 Å². The largest absolute Gasteiger partial charge is 0.319 e. The van der Waals surface area contributed by atoms with E-state index in [1.165, 1.54) is 10.4 Å². The van der Waals surface area contributed by atoms with Gasteiger partial charge in [-0.25, -0.2) is 0 Å². The summed E-state index contributed by atoms with van der Waals surface area (Å²) in [5.41, 5.74) is 2.62.